The van der Waals surface area contributed by atoms with E-state index in [-0.39, 0.29) is 12.5 Å². The molecule has 0 aliphatic carbocycles. The highest BCUT2D eigenvalue weighted by molar-refractivity contribution is 7.88. The monoisotopic (exact) mass is 256 g/mol. The molecule has 1 amide bonds. The van der Waals surface area contributed by atoms with E-state index in [1.807, 2.05) is 25.1 Å². The molecule has 0 bridgehead atoms. The van der Waals surface area contributed by atoms with Crippen LogP contribution in [0.15, 0.2) is 24.3 Å². The number of sulfonamides is 1. The van der Waals surface area contributed by atoms with Crippen molar-refractivity contribution >= 4 is 21.6 Å². The van der Waals surface area contributed by atoms with Gasteiger partial charge in [0.2, 0.25) is 15.9 Å². The van der Waals surface area contributed by atoms with E-state index in [4.69, 9.17) is 0 Å². The number of anilines is 1. The smallest absolute Gasteiger partial charge is 0.239 e. The number of hydrogen-bond donors (Lipinski definition) is 1. The summed E-state index contributed by atoms with van der Waals surface area (Å²) in [6.45, 7) is 1.73. The SMILES string of the molecule is Cc1cccc(NC(=O)CN(C)S(C)(=O)=O)c1. The first-order valence-corrected chi connectivity index (χ1v) is 6.91. The number of rotatable bonds is 4. The lowest BCUT2D eigenvalue weighted by molar-refractivity contribution is -0.116. The summed E-state index contributed by atoms with van der Waals surface area (Å²) in [4.78, 5) is 11.6. The van der Waals surface area contributed by atoms with Gasteiger partial charge in [-0.3, -0.25) is 4.79 Å². The fraction of sp³-hybridized carbons (Fsp3) is 0.364. The Hall–Kier alpha value is -1.40. The van der Waals surface area contributed by atoms with Crippen molar-refractivity contribution in [3.05, 3.63) is 29.8 Å². The van der Waals surface area contributed by atoms with Gasteiger partial charge in [-0.15, -0.1) is 0 Å². The molecule has 1 aromatic carbocycles. The van der Waals surface area contributed by atoms with Gasteiger partial charge >= 0.3 is 0 Å². The summed E-state index contributed by atoms with van der Waals surface area (Å²) in [5.41, 5.74) is 1.69. The minimum atomic E-state index is -3.33. The molecule has 17 heavy (non-hydrogen) atoms. The summed E-state index contributed by atoms with van der Waals surface area (Å²) >= 11 is 0. The minimum Gasteiger partial charge on any atom is -0.325 e. The van der Waals surface area contributed by atoms with Gasteiger partial charge in [-0.1, -0.05) is 12.1 Å². The molecule has 0 heterocycles. The average molecular weight is 256 g/mol. The predicted molar refractivity (Wildman–Crippen MR) is 67.3 cm³/mol. The van der Waals surface area contributed by atoms with E-state index < -0.39 is 10.0 Å². The van der Waals surface area contributed by atoms with Gasteiger partial charge in [-0.25, -0.2) is 8.42 Å². The van der Waals surface area contributed by atoms with Crippen LogP contribution in [-0.2, 0) is 14.8 Å². The Morgan fingerprint density at radius 2 is 2.06 bits per heavy atom. The molecule has 0 saturated heterocycles. The fourth-order valence-corrected chi connectivity index (χ4v) is 1.59. The van der Waals surface area contributed by atoms with Crippen molar-refractivity contribution in [2.75, 3.05) is 25.2 Å². The maximum Gasteiger partial charge on any atom is 0.239 e. The summed E-state index contributed by atoms with van der Waals surface area (Å²) < 4.78 is 23.2. The first-order valence-electron chi connectivity index (χ1n) is 5.07. The fourth-order valence-electron chi connectivity index (χ4n) is 1.24. The third-order valence-electron chi connectivity index (χ3n) is 2.23. The number of nitrogens with zero attached hydrogens (tertiary/aromatic N) is 1. The zero-order valence-electron chi connectivity index (χ0n) is 10.1. The second kappa shape index (κ2) is 5.29. The van der Waals surface area contributed by atoms with Crippen LogP contribution in [0.1, 0.15) is 5.56 Å². The normalized spacial score (nSPS) is 11.5. The molecule has 0 atom stereocenters. The molecule has 94 valence electrons. The van der Waals surface area contributed by atoms with Crippen molar-refractivity contribution in [1.82, 2.24) is 4.31 Å². The average Bonchev–Trinajstić information content (AvgIpc) is 2.15. The Kier molecular flexibility index (Phi) is 4.25. The number of carbonyl (C=O) groups is 1. The lowest BCUT2D eigenvalue weighted by Gasteiger charge is -2.13. The summed E-state index contributed by atoms with van der Waals surface area (Å²) in [6, 6.07) is 7.31. The number of likely N-dealkylation sites (N-methyl/N-ethyl adjacent to an activating group) is 1. The molecular formula is C11H16N2O3S. The first-order chi connectivity index (χ1) is 7.79. The summed E-state index contributed by atoms with van der Waals surface area (Å²) in [7, 11) is -1.96. The molecule has 0 radical (unpaired) electrons. The molecule has 0 aliphatic heterocycles. The number of benzene rings is 1. The second-order valence-corrected chi connectivity index (χ2v) is 6.03. The van der Waals surface area contributed by atoms with Crippen LogP contribution in [0.3, 0.4) is 0 Å². The summed E-state index contributed by atoms with van der Waals surface area (Å²) in [5.74, 6) is -0.358. The van der Waals surface area contributed by atoms with Gasteiger partial charge in [0.05, 0.1) is 12.8 Å². The molecular weight excluding hydrogens is 240 g/mol. The van der Waals surface area contributed by atoms with Gasteiger partial charge < -0.3 is 5.32 Å². The molecule has 1 aromatic rings. The van der Waals surface area contributed by atoms with Crippen LogP contribution in [0.4, 0.5) is 5.69 Å². The third-order valence-corrected chi connectivity index (χ3v) is 3.50. The van der Waals surface area contributed by atoms with Crippen molar-refractivity contribution in [1.29, 1.82) is 0 Å². The predicted octanol–water partition coefficient (Wildman–Crippen LogP) is 0.825. The lowest BCUT2D eigenvalue weighted by Crippen LogP contribution is -2.34. The van der Waals surface area contributed by atoms with Gasteiger partial charge in [0.1, 0.15) is 0 Å². The molecule has 0 fully saturated rings. The molecule has 5 nitrogen and oxygen atoms in total. The minimum absolute atomic E-state index is 0.188. The van der Waals surface area contributed by atoms with E-state index in [1.165, 1.54) is 7.05 Å². The van der Waals surface area contributed by atoms with E-state index in [0.717, 1.165) is 16.1 Å². The van der Waals surface area contributed by atoms with E-state index in [9.17, 15) is 13.2 Å². The molecule has 0 aromatic heterocycles. The first kappa shape index (κ1) is 13.7. The quantitative estimate of drug-likeness (QED) is 0.867. The van der Waals surface area contributed by atoms with Crippen LogP contribution in [0.2, 0.25) is 0 Å². The molecule has 0 unspecified atom stereocenters. The zero-order chi connectivity index (χ0) is 13.1. The van der Waals surface area contributed by atoms with Crippen LogP contribution in [0.5, 0.6) is 0 Å². The number of nitrogens with one attached hydrogen (secondary N) is 1. The molecule has 0 saturated carbocycles. The molecule has 1 rings (SSSR count). The van der Waals surface area contributed by atoms with Crippen molar-refractivity contribution < 1.29 is 13.2 Å². The van der Waals surface area contributed by atoms with Crippen LogP contribution < -0.4 is 5.32 Å². The summed E-state index contributed by atoms with van der Waals surface area (Å²) in [5, 5.41) is 2.64. The van der Waals surface area contributed by atoms with Gasteiger partial charge in [0.15, 0.2) is 0 Å². The van der Waals surface area contributed by atoms with Gasteiger partial charge in [0.25, 0.3) is 0 Å². The van der Waals surface area contributed by atoms with Crippen LogP contribution >= 0.6 is 0 Å². The van der Waals surface area contributed by atoms with Gasteiger partial charge in [0, 0.05) is 12.7 Å². The van der Waals surface area contributed by atoms with Crippen molar-refractivity contribution in [3.63, 3.8) is 0 Å². The highest BCUT2D eigenvalue weighted by Crippen LogP contribution is 2.09. The third kappa shape index (κ3) is 4.54. The molecule has 6 heteroatoms. The van der Waals surface area contributed by atoms with Crippen molar-refractivity contribution in [2.24, 2.45) is 0 Å². The van der Waals surface area contributed by atoms with E-state index in [0.29, 0.717) is 5.69 Å². The largest absolute Gasteiger partial charge is 0.325 e. The molecule has 0 spiro atoms. The number of aryl methyl sites for hydroxylation is 1. The number of carbonyl (C=O) groups excluding carboxylic acids is 1. The highest BCUT2D eigenvalue weighted by Gasteiger charge is 2.14. The zero-order valence-corrected chi connectivity index (χ0v) is 10.9. The number of amides is 1. The maximum atomic E-state index is 11.6. The maximum absolute atomic E-state index is 11.6. The highest BCUT2D eigenvalue weighted by atomic mass is 32.2. The van der Waals surface area contributed by atoms with Crippen molar-refractivity contribution in [2.45, 2.75) is 6.92 Å². The van der Waals surface area contributed by atoms with Crippen molar-refractivity contribution in [3.8, 4) is 0 Å². The Morgan fingerprint density at radius 3 is 2.59 bits per heavy atom. The summed E-state index contributed by atoms with van der Waals surface area (Å²) in [6.07, 6.45) is 1.06. The Morgan fingerprint density at radius 1 is 1.41 bits per heavy atom. The number of hydrogen-bond acceptors (Lipinski definition) is 3. The topological polar surface area (TPSA) is 66.5 Å². The second-order valence-electron chi connectivity index (χ2n) is 3.94. The molecule has 1 N–H and O–H groups in total. The Bertz CT molecular complexity index is 511. The molecule has 0 aliphatic rings. The van der Waals surface area contributed by atoms with E-state index >= 15 is 0 Å². The van der Waals surface area contributed by atoms with Crippen LogP contribution in [-0.4, -0.2) is 38.5 Å². The Labute approximate surface area is 101 Å². The Balaban J connectivity index is 2.62. The van der Waals surface area contributed by atoms with Crippen LogP contribution in [0, 0.1) is 6.92 Å². The van der Waals surface area contributed by atoms with Crippen LogP contribution in [0.25, 0.3) is 0 Å². The van der Waals surface area contributed by atoms with E-state index in [2.05, 4.69) is 5.32 Å². The lowest BCUT2D eigenvalue weighted by atomic mass is 10.2. The van der Waals surface area contributed by atoms with E-state index in [1.54, 1.807) is 6.07 Å². The van der Waals surface area contributed by atoms with Gasteiger partial charge in [-0.05, 0) is 24.6 Å². The van der Waals surface area contributed by atoms with Gasteiger partial charge in [-0.2, -0.15) is 4.31 Å². The standard InChI is InChI=1S/C11H16N2O3S/c1-9-5-4-6-10(7-9)12-11(14)8-13(2)17(3,15)16/h4-7H,8H2,1-3H3,(H,12,14).